The fourth-order valence-corrected chi connectivity index (χ4v) is 3.41. The van der Waals surface area contributed by atoms with E-state index in [1.54, 1.807) is 18.4 Å². The Morgan fingerprint density at radius 3 is 2.41 bits per heavy atom. The normalized spacial score (nSPS) is 15.0. The molecular formula is C23H24N4O2. The van der Waals surface area contributed by atoms with Crippen LogP contribution >= 0.6 is 0 Å². The molecule has 0 bridgehead atoms. The molecule has 1 amide bonds. The Bertz CT molecular complexity index is 929. The van der Waals surface area contributed by atoms with E-state index >= 15 is 0 Å². The average Bonchev–Trinajstić information content (AvgIpc) is 3.29. The zero-order valence-corrected chi connectivity index (χ0v) is 16.2. The lowest BCUT2D eigenvalue weighted by Gasteiger charge is -2.36. The van der Waals surface area contributed by atoms with E-state index in [4.69, 9.17) is 4.42 Å². The van der Waals surface area contributed by atoms with Crippen molar-refractivity contribution in [3.63, 3.8) is 0 Å². The maximum absolute atomic E-state index is 12.2. The summed E-state index contributed by atoms with van der Waals surface area (Å²) in [4.78, 5) is 17.0. The van der Waals surface area contributed by atoms with Crippen LogP contribution in [0.4, 0.5) is 5.69 Å². The highest BCUT2D eigenvalue weighted by Gasteiger charge is 2.17. The van der Waals surface area contributed by atoms with Crippen molar-refractivity contribution in [3.05, 3.63) is 89.9 Å². The number of hydrogen-bond donors (Lipinski definition) is 1. The monoisotopic (exact) mass is 388 g/mol. The van der Waals surface area contributed by atoms with Crippen molar-refractivity contribution >= 4 is 17.8 Å². The van der Waals surface area contributed by atoms with Crippen LogP contribution in [0.3, 0.4) is 0 Å². The lowest BCUT2D eigenvalue weighted by atomic mass is 10.1. The Hall–Kier alpha value is -3.38. The Kier molecular flexibility index (Phi) is 6.02. The molecule has 148 valence electrons. The standard InChI is InChI=1S/C23H24N4O2/c28-23(25-24-17-22-7-4-16-29-22)20-10-8-19(9-11-20)18-26-12-14-27(15-13-26)21-5-2-1-3-6-21/h1-11,16-17H,12-15,18H2,(H,25,28). The van der Waals surface area contributed by atoms with Gasteiger partial charge in [-0.25, -0.2) is 5.43 Å². The number of hydrazone groups is 1. The smallest absolute Gasteiger partial charge is 0.271 e. The van der Waals surface area contributed by atoms with Crippen LogP contribution < -0.4 is 10.3 Å². The predicted octanol–water partition coefficient (Wildman–Crippen LogP) is 3.37. The van der Waals surface area contributed by atoms with Gasteiger partial charge in [0.25, 0.3) is 5.91 Å². The van der Waals surface area contributed by atoms with E-state index in [1.807, 2.05) is 24.3 Å². The molecule has 3 aromatic rings. The van der Waals surface area contributed by atoms with Gasteiger partial charge < -0.3 is 9.32 Å². The third kappa shape index (κ3) is 5.12. The molecule has 2 heterocycles. The molecule has 1 fully saturated rings. The first-order valence-electron chi connectivity index (χ1n) is 9.76. The number of rotatable bonds is 6. The topological polar surface area (TPSA) is 61.1 Å². The van der Waals surface area contributed by atoms with Gasteiger partial charge in [0.05, 0.1) is 12.5 Å². The molecule has 4 rings (SSSR count). The minimum absolute atomic E-state index is 0.240. The minimum Gasteiger partial charge on any atom is -0.463 e. The van der Waals surface area contributed by atoms with Crippen molar-refractivity contribution in [2.75, 3.05) is 31.1 Å². The second-order valence-corrected chi connectivity index (χ2v) is 7.01. The molecular weight excluding hydrogens is 364 g/mol. The third-order valence-corrected chi connectivity index (χ3v) is 5.02. The second-order valence-electron chi connectivity index (χ2n) is 7.01. The molecule has 1 aromatic heterocycles. The Morgan fingerprint density at radius 2 is 1.72 bits per heavy atom. The van der Waals surface area contributed by atoms with Crippen LogP contribution in [0.1, 0.15) is 21.7 Å². The fraction of sp³-hybridized carbons (Fsp3) is 0.217. The molecule has 2 aromatic carbocycles. The lowest BCUT2D eigenvalue weighted by Crippen LogP contribution is -2.45. The van der Waals surface area contributed by atoms with Gasteiger partial charge in [0, 0.05) is 44.0 Å². The van der Waals surface area contributed by atoms with Crippen LogP contribution in [0.5, 0.6) is 0 Å². The molecule has 1 aliphatic heterocycles. The maximum atomic E-state index is 12.2. The van der Waals surface area contributed by atoms with Gasteiger partial charge >= 0.3 is 0 Å². The Balaban J connectivity index is 1.26. The van der Waals surface area contributed by atoms with Gasteiger partial charge in [0.2, 0.25) is 0 Å². The summed E-state index contributed by atoms with van der Waals surface area (Å²) in [5, 5.41) is 3.91. The number of anilines is 1. The molecule has 1 saturated heterocycles. The van der Waals surface area contributed by atoms with Crippen LogP contribution in [-0.2, 0) is 6.54 Å². The molecule has 0 spiro atoms. The minimum atomic E-state index is -0.240. The summed E-state index contributed by atoms with van der Waals surface area (Å²) in [6.45, 7) is 4.99. The van der Waals surface area contributed by atoms with Crippen molar-refractivity contribution < 1.29 is 9.21 Å². The fourth-order valence-electron chi connectivity index (χ4n) is 3.41. The highest BCUT2D eigenvalue weighted by molar-refractivity contribution is 5.94. The number of benzene rings is 2. The van der Waals surface area contributed by atoms with Gasteiger partial charge in [0.15, 0.2) is 0 Å². The molecule has 0 saturated carbocycles. The summed E-state index contributed by atoms with van der Waals surface area (Å²) in [6.07, 6.45) is 3.03. The number of carbonyl (C=O) groups excluding carboxylic acids is 1. The Morgan fingerprint density at radius 1 is 0.966 bits per heavy atom. The number of hydrogen-bond acceptors (Lipinski definition) is 5. The van der Waals surface area contributed by atoms with E-state index < -0.39 is 0 Å². The van der Waals surface area contributed by atoms with Gasteiger partial charge in [-0.2, -0.15) is 5.10 Å². The van der Waals surface area contributed by atoms with Crippen molar-refractivity contribution in [3.8, 4) is 0 Å². The quantitative estimate of drug-likeness (QED) is 0.520. The number of furan rings is 1. The first-order valence-corrected chi connectivity index (χ1v) is 9.76. The number of para-hydroxylation sites is 1. The third-order valence-electron chi connectivity index (χ3n) is 5.02. The summed E-state index contributed by atoms with van der Waals surface area (Å²) in [6, 6.07) is 21.8. The zero-order valence-electron chi connectivity index (χ0n) is 16.2. The predicted molar refractivity (Wildman–Crippen MR) is 114 cm³/mol. The maximum Gasteiger partial charge on any atom is 0.271 e. The number of carbonyl (C=O) groups is 1. The van der Waals surface area contributed by atoms with E-state index in [0.29, 0.717) is 11.3 Å². The molecule has 0 aliphatic carbocycles. The van der Waals surface area contributed by atoms with Crippen LogP contribution in [0.2, 0.25) is 0 Å². The summed E-state index contributed by atoms with van der Waals surface area (Å²) in [7, 11) is 0. The average molecular weight is 388 g/mol. The number of piperazine rings is 1. The Labute approximate surface area is 170 Å². The van der Waals surface area contributed by atoms with Gasteiger partial charge in [0.1, 0.15) is 5.76 Å². The largest absolute Gasteiger partial charge is 0.463 e. The van der Waals surface area contributed by atoms with Crippen molar-refractivity contribution in [2.45, 2.75) is 6.54 Å². The lowest BCUT2D eigenvalue weighted by molar-refractivity contribution is 0.0955. The van der Waals surface area contributed by atoms with Gasteiger partial charge in [-0.1, -0.05) is 30.3 Å². The van der Waals surface area contributed by atoms with E-state index in [-0.39, 0.29) is 5.91 Å². The van der Waals surface area contributed by atoms with E-state index in [9.17, 15) is 4.79 Å². The highest BCUT2D eigenvalue weighted by atomic mass is 16.3. The van der Waals surface area contributed by atoms with Crippen LogP contribution in [0.25, 0.3) is 0 Å². The summed E-state index contributed by atoms with van der Waals surface area (Å²) >= 11 is 0. The van der Waals surface area contributed by atoms with Crippen LogP contribution in [-0.4, -0.2) is 43.2 Å². The number of amides is 1. The van der Waals surface area contributed by atoms with Crippen molar-refractivity contribution in [2.24, 2.45) is 5.10 Å². The van der Waals surface area contributed by atoms with Gasteiger partial charge in [-0.3, -0.25) is 9.69 Å². The SMILES string of the molecule is O=C(NN=Cc1ccco1)c1ccc(CN2CCN(c3ccccc3)CC2)cc1. The molecule has 0 radical (unpaired) electrons. The molecule has 6 heteroatoms. The molecule has 1 N–H and O–H groups in total. The van der Waals surface area contributed by atoms with E-state index in [2.05, 4.69) is 50.7 Å². The number of nitrogens with zero attached hydrogens (tertiary/aromatic N) is 3. The van der Waals surface area contributed by atoms with Crippen molar-refractivity contribution in [1.29, 1.82) is 0 Å². The summed E-state index contributed by atoms with van der Waals surface area (Å²) in [5.74, 6) is 0.351. The van der Waals surface area contributed by atoms with Crippen LogP contribution in [0, 0.1) is 0 Å². The number of nitrogens with one attached hydrogen (secondary N) is 1. The molecule has 0 atom stereocenters. The first-order chi connectivity index (χ1) is 14.3. The molecule has 29 heavy (non-hydrogen) atoms. The summed E-state index contributed by atoms with van der Waals surface area (Å²) in [5.41, 5.74) is 5.59. The van der Waals surface area contributed by atoms with Crippen LogP contribution in [0.15, 0.2) is 82.5 Å². The summed E-state index contributed by atoms with van der Waals surface area (Å²) < 4.78 is 5.13. The van der Waals surface area contributed by atoms with Gasteiger partial charge in [-0.05, 0) is 42.0 Å². The molecule has 1 aliphatic rings. The second kappa shape index (κ2) is 9.21. The molecule has 0 unspecified atom stereocenters. The van der Waals surface area contributed by atoms with Crippen molar-refractivity contribution in [1.82, 2.24) is 10.3 Å². The van der Waals surface area contributed by atoms with E-state index in [1.165, 1.54) is 17.5 Å². The first kappa shape index (κ1) is 19.0. The highest BCUT2D eigenvalue weighted by Crippen LogP contribution is 2.17. The zero-order chi connectivity index (χ0) is 19.9. The van der Waals surface area contributed by atoms with Gasteiger partial charge in [-0.15, -0.1) is 0 Å². The molecule has 6 nitrogen and oxygen atoms in total. The van der Waals surface area contributed by atoms with E-state index in [0.717, 1.165) is 32.7 Å².